The van der Waals surface area contributed by atoms with Crippen LogP contribution in [0.1, 0.15) is 38.7 Å². The zero-order valence-corrected chi connectivity index (χ0v) is 14.6. The fraction of sp³-hybridized carbons (Fsp3) is 0.579. The minimum atomic E-state index is -0.412. The van der Waals surface area contributed by atoms with Crippen molar-refractivity contribution in [2.75, 3.05) is 13.1 Å². The summed E-state index contributed by atoms with van der Waals surface area (Å²) in [6.07, 6.45) is 2.02. The second kappa shape index (κ2) is 8.83. The molecule has 5 nitrogen and oxygen atoms in total. The van der Waals surface area contributed by atoms with Gasteiger partial charge in [0, 0.05) is 13.1 Å². The second-order valence-electron chi connectivity index (χ2n) is 6.80. The van der Waals surface area contributed by atoms with Gasteiger partial charge in [0.2, 0.25) is 11.8 Å². The summed E-state index contributed by atoms with van der Waals surface area (Å²) < 4.78 is 0. The molecule has 0 bridgehead atoms. The minimum absolute atomic E-state index is 0.000986. The van der Waals surface area contributed by atoms with Gasteiger partial charge >= 0.3 is 0 Å². The fourth-order valence-corrected chi connectivity index (χ4v) is 3.00. The standard InChI is InChI=1S/C19H28N2O3/c1-14(2)17(22)10-11-20-19(24)16-9-6-12-21(16)18(23)13-15-7-4-3-5-8-15/h3-5,7-8,14,16-17,22H,6,9-13H2,1-2H3,(H,20,24). The molecule has 0 spiro atoms. The van der Waals surface area contributed by atoms with E-state index >= 15 is 0 Å². The molecule has 1 aromatic rings. The zero-order valence-electron chi connectivity index (χ0n) is 14.6. The Morgan fingerprint density at radius 1 is 1.29 bits per heavy atom. The van der Waals surface area contributed by atoms with E-state index in [4.69, 9.17) is 0 Å². The summed E-state index contributed by atoms with van der Waals surface area (Å²) in [6.45, 7) is 4.98. The molecule has 0 saturated carbocycles. The summed E-state index contributed by atoms with van der Waals surface area (Å²) in [6, 6.07) is 9.23. The molecule has 0 aromatic heterocycles. The van der Waals surface area contributed by atoms with Crippen molar-refractivity contribution in [2.24, 2.45) is 5.92 Å². The maximum Gasteiger partial charge on any atom is 0.242 e. The normalized spacial score (nSPS) is 18.7. The van der Waals surface area contributed by atoms with Crippen molar-refractivity contribution in [2.45, 2.75) is 51.7 Å². The number of aliphatic hydroxyl groups excluding tert-OH is 1. The van der Waals surface area contributed by atoms with E-state index in [0.717, 1.165) is 12.0 Å². The first-order valence-corrected chi connectivity index (χ1v) is 8.78. The lowest BCUT2D eigenvalue weighted by Gasteiger charge is -2.24. The number of carbonyl (C=O) groups excluding carboxylic acids is 2. The molecule has 132 valence electrons. The van der Waals surface area contributed by atoms with Gasteiger partial charge in [0.1, 0.15) is 6.04 Å². The van der Waals surface area contributed by atoms with E-state index in [-0.39, 0.29) is 23.8 Å². The highest BCUT2D eigenvalue weighted by Gasteiger charge is 2.33. The van der Waals surface area contributed by atoms with E-state index in [1.807, 2.05) is 44.2 Å². The molecule has 2 atom stereocenters. The molecule has 1 aromatic carbocycles. The Morgan fingerprint density at radius 3 is 2.67 bits per heavy atom. The number of rotatable bonds is 7. The Kier molecular flexibility index (Phi) is 6.79. The van der Waals surface area contributed by atoms with E-state index in [2.05, 4.69) is 5.32 Å². The maximum atomic E-state index is 12.5. The molecule has 2 N–H and O–H groups in total. The maximum absolute atomic E-state index is 12.5. The van der Waals surface area contributed by atoms with E-state index in [1.165, 1.54) is 0 Å². The molecule has 24 heavy (non-hydrogen) atoms. The van der Waals surface area contributed by atoms with E-state index in [0.29, 0.717) is 32.4 Å². The van der Waals surface area contributed by atoms with Crippen LogP contribution in [-0.2, 0) is 16.0 Å². The van der Waals surface area contributed by atoms with Crippen molar-refractivity contribution >= 4 is 11.8 Å². The van der Waals surface area contributed by atoms with Crippen LogP contribution >= 0.6 is 0 Å². The van der Waals surface area contributed by atoms with Gasteiger partial charge in [-0.3, -0.25) is 9.59 Å². The SMILES string of the molecule is CC(C)C(O)CCNC(=O)C1CCCN1C(=O)Cc1ccccc1. The quantitative estimate of drug-likeness (QED) is 0.799. The first kappa shape index (κ1) is 18.5. The Morgan fingerprint density at radius 2 is 2.00 bits per heavy atom. The van der Waals surface area contributed by atoms with Gasteiger partial charge in [0.05, 0.1) is 12.5 Å². The molecule has 1 heterocycles. The van der Waals surface area contributed by atoms with Gasteiger partial charge in [0.25, 0.3) is 0 Å². The molecule has 2 amide bonds. The molecule has 1 saturated heterocycles. The Labute approximate surface area is 144 Å². The van der Waals surface area contributed by atoms with Gasteiger partial charge in [-0.15, -0.1) is 0 Å². The Bertz CT molecular complexity index is 545. The second-order valence-corrected chi connectivity index (χ2v) is 6.80. The zero-order chi connectivity index (χ0) is 17.5. The number of amides is 2. The van der Waals surface area contributed by atoms with Gasteiger partial charge in [0.15, 0.2) is 0 Å². The molecular formula is C19H28N2O3. The third-order valence-corrected chi connectivity index (χ3v) is 4.58. The molecule has 1 aliphatic heterocycles. The van der Waals surface area contributed by atoms with Crippen LogP contribution in [0.4, 0.5) is 0 Å². The molecule has 0 aliphatic carbocycles. The average molecular weight is 332 g/mol. The van der Waals surface area contributed by atoms with Crippen LogP contribution in [0, 0.1) is 5.92 Å². The van der Waals surface area contributed by atoms with Crippen LogP contribution in [0.3, 0.4) is 0 Å². The number of benzene rings is 1. The van der Waals surface area contributed by atoms with Crippen molar-refractivity contribution in [1.82, 2.24) is 10.2 Å². The van der Waals surface area contributed by atoms with Gasteiger partial charge in [-0.2, -0.15) is 0 Å². The third-order valence-electron chi connectivity index (χ3n) is 4.58. The number of carbonyl (C=O) groups is 2. The first-order chi connectivity index (χ1) is 11.5. The van der Waals surface area contributed by atoms with Crippen molar-refractivity contribution < 1.29 is 14.7 Å². The molecule has 0 radical (unpaired) electrons. The summed E-state index contributed by atoms with van der Waals surface area (Å²) in [5, 5.41) is 12.7. The lowest BCUT2D eigenvalue weighted by molar-refractivity contribution is -0.138. The van der Waals surface area contributed by atoms with Gasteiger partial charge in [-0.25, -0.2) is 0 Å². The van der Waals surface area contributed by atoms with Gasteiger partial charge in [-0.05, 0) is 30.7 Å². The number of nitrogens with one attached hydrogen (secondary N) is 1. The first-order valence-electron chi connectivity index (χ1n) is 8.78. The van der Waals surface area contributed by atoms with Crippen molar-refractivity contribution in [1.29, 1.82) is 0 Å². The number of hydrogen-bond donors (Lipinski definition) is 2. The molecule has 5 heteroatoms. The highest BCUT2D eigenvalue weighted by Crippen LogP contribution is 2.19. The Balaban J connectivity index is 1.85. The summed E-state index contributed by atoms with van der Waals surface area (Å²) in [5.74, 6) is 0.0725. The number of likely N-dealkylation sites (tertiary alicyclic amines) is 1. The average Bonchev–Trinajstić information content (AvgIpc) is 3.05. The number of aliphatic hydroxyl groups is 1. The molecule has 2 rings (SSSR count). The van der Waals surface area contributed by atoms with Crippen LogP contribution in [0.5, 0.6) is 0 Å². The van der Waals surface area contributed by atoms with Crippen molar-refractivity contribution in [3.63, 3.8) is 0 Å². The van der Waals surface area contributed by atoms with E-state index < -0.39 is 6.10 Å². The highest BCUT2D eigenvalue weighted by molar-refractivity contribution is 5.89. The lowest BCUT2D eigenvalue weighted by atomic mass is 10.0. The predicted octanol–water partition coefficient (Wildman–Crippen LogP) is 1.74. The minimum Gasteiger partial charge on any atom is -0.393 e. The summed E-state index contributed by atoms with van der Waals surface area (Å²) >= 11 is 0. The summed E-state index contributed by atoms with van der Waals surface area (Å²) in [5.41, 5.74) is 0.966. The predicted molar refractivity (Wildman–Crippen MR) is 93.4 cm³/mol. The lowest BCUT2D eigenvalue weighted by Crippen LogP contribution is -2.47. The molecular weight excluding hydrogens is 304 g/mol. The van der Waals surface area contributed by atoms with Crippen molar-refractivity contribution in [3.05, 3.63) is 35.9 Å². The molecule has 2 unspecified atom stereocenters. The number of nitrogens with zero attached hydrogens (tertiary/aromatic N) is 1. The Hall–Kier alpha value is -1.88. The van der Waals surface area contributed by atoms with Crippen LogP contribution in [0.15, 0.2) is 30.3 Å². The summed E-state index contributed by atoms with van der Waals surface area (Å²) in [4.78, 5) is 26.6. The molecule has 1 aliphatic rings. The monoisotopic (exact) mass is 332 g/mol. The largest absolute Gasteiger partial charge is 0.393 e. The fourth-order valence-electron chi connectivity index (χ4n) is 3.00. The van der Waals surface area contributed by atoms with Crippen LogP contribution in [0.2, 0.25) is 0 Å². The van der Waals surface area contributed by atoms with E-state index in [1.54, 1.807) is 4.90 Å². The van der Waals surface area contributed by atoms with Crippen LogP contribution < -0.4 is 5.32 Å². The van der Waals surface area contributed by atoms with Gasteiger partial charge in [-0.1, -0.05) is 44.2 Å². The van der Waals surface area contributed by atoms with Gasteiger partial charge < -0.3 is 15.3 Å². The van der Waals surface area contributed by atoms with E-state index in [9.17, 15) is 14.7 Å². The topological polar surface area (TPSA) is 69.6 Å². The number of hydrogen-bond acceptors (Lipinski definition) is 3. The van der Waals surface area contributed by atoms with Crippen molar-refractivity contribution in [3.8, 4) is 0 Å². The third kappa shape index (κ3) is 5.06. The summed E-state index contributed by atoms with van der Waals surface area (Å²) in [7, 11) is 0. The molecule has 1 fully saturated rings. The highest BCUT2D eigenvalue weighted by atomic mass is 16.3. The van der Waals surface area contributed by atoms with Crippen LogP contribution in [0.25, 0.3) is 0 Å². The van der Waals surface area contributed by atoms with Crippen LogP contribution in [-0.4, -0.2) is 47.1 Å². The smallest absolute Gasteiger partial charge is 0.242 e.